The second-order valence-electron chi connectivity index (χ2n) is 13.5. The Hall–Kier alpha value is -6.78. The van der Waals surface area contributed by atoms with E-state index in [2.05, 4.69) is 157 Å². The lowest BCUT2D eigenvalue weighted by Crippen LogP contribution is -2.42. The molecule has 0 fully saturated rings. The highest BCUT2D eigenvalue weighted by Gasteiger charge is 2.39. The van der Waals surface area contributed by atoms with Crippen molar-refractivity contribution in [2.24, 2.45) is 0 Å². The van der Waals surface area contributed by atoms with E-state index in [1.807, 2.05) is 24.3 Å². The van der Waals surface area contributed by atoms with Gasteiger partial charge in [-0.25, -0.2) is 0 Å². The first-order valence-electron chi connectivity index (χ1n) is 17.7. The molecule has 2 unspecified atom stereocenters. The van der Waals surface area contributed by atoms with E-state index in [1.54, 1.807) is 0 Å². The summed E-state index contributed by atoms with van der Waals surface area (Å²) in [6, 6.07) is 55.1. The predicted octanol–water partition coefficient (Wildman–Crippen LogP) is 12.7. The van der Waals surface area contributed by atoms with Gasteiger partial charge in [0.05, 0.1) is 17.1 Å². The van der Waals surface area contributed by atoms with Crippen LogP contribution in [-0.4, -0.2) is 12.1 Å². The maximum atomic E-state index is 6.88. The number of rotatable bonds is 5. The summed E-state index contributed by atoms with van der Waals surface area (Å²) in [5.41, 5.74) is 12.3. The summed E-state index contributed by atoms with van der Waals surface area (Å²) >= 11 is 0. The van der Waals surface area contributed by atoms with Gasteiger partial charge in [-0.2, -0.15) is 0 Å². The molecule has 2 atom stereocenters. The Morgan fingerprint density at radius 3 is 2.06 bits per heavy atom. The highest BCUT2D eigenvalue weighted by Crippen LogP contribution is 2.49. The Balaban J connectivity index is 1.12. The molecular formula is C48H31NO3. The summed E-state index contributed by atoms with van der Waals surface area (Å²) in [6.07, 6.45) is 6.45. The molecule has 0 amide bonds. The fourth-order valence-corrected chi connectivity index (χ4v) is 8.34. The van der Waals surface area contributed by atoms with Crippen LogP contribution in [0.15, 0.2) is 185 Å². The highest BCUT2D eigenvalue weighted by molar-refractivity contribution is 6.17. The number of nitrogens with zero attached hydrogens (tertiary/aromatic N) is 1. The molecule has 2 aromatic heterocycles. The molecule has 0 spiro atoms. The first-order chi connectivity index (χ1) is 25.8. The van der Waals surface area contributed by atoms with Gasteiger partial charge in [-0.05, 0) is 71.3 Å². The highest BCUT2D eigenvalue weighted by atomic mass is 16.5. The van der Waals surface area contributed by atoms with Gasteiger partial charge in [-0.15, -0.1) is 0 Å². The maximum absolute atomic E-state index is 6.88. The molecule has 0 bridgehead atoms. The van der Waals surface area contributed by atoms with Crippen molar-refractivity contribution in [3.05, 3.63) is 182 Å². The molecule has 246 valence electrons. The van der Waals surface area contributed by atoms with Crippen LogP contribution in [0.1, 0.15) is 5.56 Å². The van der Waals surface area contributed by atoms with Crippen LogP contribution in [0.5, 0.6) is 5.75 Å². The molecule has 1 aliphatic heterocycles. The number of ether oxygens (including phenoxy) is 1. The third-order valence-electron chi connectivity index (χ3n) is 10.7. The van der Waals surface area contributed by atoms with Gasteiger partial charge in [-0.3, -0.25) is 0 Å². The average Bonchev–Trinajstić information content (AvgIpc) is 3.90. The number of hydrogen-bond donors (Lipinski definition) is 0. The van der Waals surface area contributed by atoms with Crippen LogP contribution in [-0.2, 0) is 0 Å². The van der Waals surface area contributed by atoms with E-state index in [1.165, 1.54) is 5.57 Å². The lowest BCUT2D eigenvalue weighted by atomic mass is 9.90. The minimum atomic E-state index is -0.176. The Morgan fingerprint density at radius 1 is 0.500 bits per heavy atom. The van der Waals surface area contributed by atoms with Gasteiger partial charge in [0.2, 0.25) is 0 Å². The molecule has 9 aromatic rings. The van der Waals surface area contributed by atoms with Crippen LogP contribution < -0.4 is 9.64 Å². The second-order valence-corrected chi connectivity index (χ2v) is 13.5. The molecule has 3 heterocycles. The largest absolute Gasteiger partial charge is 0.483 e. The van der Waals surface area contributed by atoms with Gasteiger partial charge in [0.15, 0.2) is 0 Å². The number of para-hydroxylation sites is 4. The summed E-state index contributed by atoms with van der Waals surface area (Å²) in [5.74, 6) is 0.923. The number of hydrogen-bond acceptors (Lipinski definition) is 4. The lowest BCUT2D eigenvalue weighted by Gasteiger charge is -2.37. The first kappa shape index (κ1) is 29.0. The van der Waals surface area contributed by atoms with Gasteiger partial charge in [0.25, 0.3) is 0 Å². The van der Waals surface area contributed by atoms with E-state index in [-0.39, 0.29) is 12.1 Å². The van der Waals surface area contributed by atoms with Crippen molar-refractivity contribution in [2.45, 2.75) is 12.1 Å². The monoisotopic (exact) mass is 669 g/mol. The zero-order valence-corrected chi connectivity index (χ0v) is 28.1. The SMILES string of the molecule is C1=CC(N(c2ccccc2)c2ccc(-c3ccccc3-c3ccc4c(c3)oc3ccccc34)c3oc4ccccc4c23)C2Oc3ccccc3C2=C1. The van der Waals surface area contributed by atoms with Crippen molar-refractivity contribution >= 4 is 60.8 Å². The van der Waals surface area contributed by atoms with Crippen molar-refractivity contribution in [1.29, 1.82) is 0 Å². The molecule has 4 nitrogen and oxygen atoms in total. The zero-order chi connectivity index (χ0) is 34.2. The van der Waals surface area contributed by atoms with Crippen molar-refractivity contribution in [1.82, 2.24) is 0 Å². The maximum Gasteiger partial charge on any atom is 0.149 e. The second kappa shape index (κ2) is 11.4. The van der Waals surface area contributed by atoms with Gasteiger partial charge in [0, 0.05) is 38.5 Å². The van der Waals surface area contributed by atoms with E-state index in [4.69, 9.17) is 13.6 Å². The Labute approximate surface area is 300 Å². The summed E-state index contributed by atoms with van der Waals surface area (Å²) < 4.78 is 19.9. The fourth-order valence-electron chi connectivity index (χ4n) is 8.34. The summed E-state index contributed by atoms with van der Waals surface area (Å²) in [5, 5.41) is 4.38. The third-order valence-corrected chi connectivity index (χ3v) is 10.7. The minimum absolute atomic E-state index is 0.111. The molecule has 1 aliphatic carbocycles. The predicted molar refractivity (Wildman–Crippen MR) is 212 cm³/mol. The molecule has 7 aromatic carbocycles. The molecule has 0 saturated carbocycles. The molecule has 0 saturated heterocycles. The number of allylic oxidation sites excluding steroid dienone is 2. The van der Waals surface area contributed by atoms with Crippen molar-refractivity contribution in [3.8, 4) is 28.0 Å². The molecule has 52 heavy (non-hydrogen) atoms. The molecular weight excluding hydrogens is 639 g/mol. The Bertz CT molecular complexity index is 2910. The number of benzene rings is 7. The van der Waals surface area contributed by atoms with Crippen LogP contribution in [0.3, 0.4) is 0 Å². The van der Waals surface area contributed by atoms with Crippen LogP contribution in [0.4, 0.5) is 11.4 Å². The fraction of sp³-hybridized carbons (Fsp3) is 0.0417. The topological polar surface area (TPSA) is 38.8 Å². The van der Waals surface area contributed by atoms with E-state index in [0.29, 0.717) is 0 Å². The van der Waals surface area contributed by atoms with Crippen LogP contribution >= 0.6 is 0 Å². The van der Waals surface area contributed by atoms with E-state index in [9.17, 15) is 0 Å². The zero-order valence-electron chi connectivity index (χ0n) is 28.1. The summed E-state index contributed by atoms with van der Waals surface area (Å²) in [4.78, 5) is 2.43. The molecule has 11 rings (SSSR count). The van der Waals surface area contributed by atoms with E-state index >= 15 is 0 Å². The summed E-state index contributed by atoms with van der Waals surface area (Å²) in [7, 11) is 0. The number of furan rings is 2. The Morgan fingerprint density at radius 2 is 1.19 bits per heavy atom. The summed E-state index contributed by atoms with van der Waals surface area (Å²) in [6.45, 7) is 0. The first-order valence-corrected chi connectivity index (χ1v) is 17.7. The van der Waals surface area contributed by atoms with Crippen LogP contribution in [0, 0.1) is 0 Å². The normalized spacial score (nSPS) is 16.3. The standard InChI is InChI=1S/C48H31NO3/c1-2-13-31(14-3-1)49(41-21-12-20-37-35-18-7-10-23-43(35)51-47(37)41)40-28-27-38(48-46(40)39-19-8-11-24-44(39)52-48)33-16-5-4-15-32(33)30-25-26-36-34-17-6-9-22-42(34)50-45(36)29-30/h1-29,41,47H. The smallest absolute Gasteiger partial charge is 0.149 e. The molecule has 0 N–H and O–H groups in total. The van der Waals surface area contributed by atoms with Gasteiger partial charge >= 0.3 is 0 Å². The van der Waals surface area contributed by atoms with Gasteiger partial charge in [0.1, 0.15) is 34.2 Å². The number of anilines is 2. The Kier molecular flexibility index (Phi) is 6.34. The van der Waals surface area contributed by atoms with Crippen LogP contribution in [0.2, 0.25) is 0 Å². The number of fused-ring (bicyclic) bond motifs is 9. The lowest BCUT2D eigenvalue weighted by molar-refractivity contribution is 0.258. The van der Waals surface area contributed by atoms with Gasteiger partial charge < -0.3 is 18.5 Å². The molecule has 4 heteroatoms. The van der Waals surface area contributed by atoms with Crippen molar-refractivity contribution in [3.63, 3.8) is 0 Å². The minimum Gasteiger partial charge on any atom is -0.483 e. The third kappa shape index (κ3) is 4.34. The van der Waals surface area contributed by atoms with Gasteiger partial charge in [-0.1, -0.05) is 121 Å². The van der Waals surface area contributed by atoms with Crippen molar-refractivity contribution in [2.75, 3.05) is 4.90 Å². The average molecular weight is 670 g/mol. The molecule has 0 radical (unpaired) electrons. The molecule has 2 aliphatic rings. The van der Waals surface area contributed by atoms with E-state index in [0.717, 1.165) is 88.8 Å². The van der Waals surface area contributed by atoms with E-state index < -0.39 is 0 Å². The quantitative estimate of drug-likeness (QED) is 0.183. The van der Waals surface area contributed by atoms with Crippen molar-refractivity contribution < 1.29 is 13.6 Å². The van der Waals surface area contributed by atoms with Crippen LogP contribution in [0.25, 0.3) is 71.7 Å².